The first-order valence-corrected chi connectivity index (χ1v) is 13.6. The van der Waals surface area contributed by atoms with Gasteiger partial charge in [-0.05, 0) is 42.3 Å². The number of hydrogen-bond acceptors (Lipinski definition) is 9. The fourth-order valence-corrected chi connectivity index (χ4v) is 4.20. The van der Waals surface area contributed by atoms with Crippen molar-refractivity contribution >= 4 is 35.2 Å². The Morgan fingerprint density at radius 1 is 0.905 bits per heavy atom. The first-order valence-electron chi connectivity index (χ1n) is 13.6. The van der Waals surface area contributed by atoms with Crippen molar-refractivity contribution in [1.82, 2.24) is 15.5 Å². The molecule has 1 fully saturated rings. The molecular weight excluding hydrogens is 546 g/mol. The maximum absolute atomic E-state index is 12.2. The molecule has 2 aromatic rings. The van der Waals surface area contributed by atoms with Crippen molar-refractivity contribution in [2.24, 2.45) is 5.73 Å². The van der Waals surface area contributed by atoms with Gasteiger partial charge in [0.2, 0.25) is 17.7 Å². The summed E-state index contributed by atoms with van der Waals surface area (Å²) in [7, 11) is 0. The van der Waals surface area contributed by atoms with Crippen LogP contribution in [0.25, 0.3) is 0 Å². The van der Waals surface area contributed by atoms with Crippen molar-refractivity contribution in [3.05, 3.63) is 65.2 Å². The number of ether oxygens (including phenoxy) is 3. The van der Waals surface area contributed by atoms with Crippen LogP contribution < -0.4 is 22.1 Å². The predicted molar refractivity (Wildman–Crippen MR) is 152 cm³/mol. The number of nitrogens with zero attached hydrogens (tertiary/aromatic N) is 1. The highest BCUT2D eigenvalue weighted by atomic mass is 16.5. The van der Waals surface area contributed by atoms with Crippen LogP contribution in [0, 0.1) is 0 Å². The number of hydrogen-bond donors (Lipinski definition) is 4. The molecule has 2 heterocycles. The zero-order chi connectivity index (χ0) is 30.3. The van der Waals surface area contributed by atoms with Gasteiger partial charge in [-0.3, -0.25) is 29.3 Å². The quantitative estimate of drug-likeness (QED) is 0.138. The smallest absolute Gasteiger partial charge is 0.255 e. The molecule has 2 aliphatic rings. The summed E-state index contributed by atoms with van der Waals surface area (Å²) in [4.78, 5) is 58.8. The number of fused-ring (bicyclic) bond motifs is 1. The molecule has 13 nitrogen and oxygen atoms in total. The molecule has 0 bridgehead atoms. The Kier molecular flexibility index (Phi) is 12.9. The van der Waals surface area contributed by atoms with Crippen LogP contribution in [0.3, 0.4) is 0 Å². The SMILES string of the molecule is NC(=O)CCOCCOCCOCCNC(=O)c1ccc(N)cc1.O=C1CCC(N2Cc3ccccc3C2=O)C(=O)N1. The summed E-state index contributed by atoms with van der Waals surface area (Å²) in [5.74, 6) is -1.30. The van der Waals surface area contributed by atoms with E-state index in [4.69, 9.17) is 25.7 Å². The first kappa shape index (κ1) is 32.2. The van der Waals surface area contributed by atoms with E-state index in [9.17, 15) is 24.0 Å². The van der Waals surface area contributed by atoms with E-state index in [0.29, 0.717) is 76.0 Å². The number of imide groups is 1. The van der Waals surface area contributed by atoms with Gasteiger partial charge in [0.25, 0.3) is 11.8 Å². The van der Waals surface area contributed by atoms with Crippen LogP contribution in [0.1, 0.15) is 45.5 Å². The monoisotopic (exact) mass is 583 g/mol. The molecule has 1 unspecified atom stereocenters. The van der Waals surface area contributed by atoms with Crippen molar-refractivity contribution in [2.45, 2.75) is 31.8 Å². The maximum Gasteiger partial charge on any atom is 0.255 e. The lowest BCUT2D eigenvalue weighted by molar-refractivity contribution is -0.137. The molecule has 2 aliphatic heterocycles. The predicted octanol–water partition coefficient (Wildman–Crippen LogP) is 0.371. The average molecular weight is 584 g/mol. The molecule has 0 aliphatic carbocycles. The summed E-state index contributed by atoms with van der Waals surface area (Å²) in [6, 6.07) is 13.5. The molecular formula is C29H37N5O8. The van der Waals surface area contributed by atoms with Gasteiger partial charge in [-0.25, -0.2) is 0 Å². The van der Waals surface area contributed by atoms with Crippen LogP contribution in [0.2, 0.25) is 0 Å². The Bertz CT molecular complexity index is 1240. The highest BCUT2D eigenvalue weighted by molar-refractivity contribution is 6.05. The minimum atomic E-state index is -0.525. The number of carbonyl (C=O) groups is 5. The topological polar surface area (TPSA) is 192 Å². The standard InChI is InChI=1S/C16H25N3O5.C13H12N2O3/c17-14-3-1-13(2-4-14)16(21)19-6-8-23-10-12-24-11-9-22-7-5-15(18)20;16-11-6-5-10(12(17)14-11)15-7-8-3-1-2-4-9(8)13(15)18/h1-4H,5-12,17H2,(H2,18,20)(H,19,21);1-4,10H,5-7H2,(H,14,16,17). The number of piperidine rings is 1. The summed E-state index contributed by atoms with van der Waals surface area (Å²) in [5, 5.41) is 5.03. The first-order chi connectivity index (χ1) is 20.3. The lowest BCUT2D eigenvalue weighted by Gasteiger charge is -2.29. The molecule has 1 saturated heterocycles. The van der Waals surface area contributed by atoms with Gasteiger partial charge >= 0.3 is 0 Å². The van der Waals surface area contributed by atoms with Gasteiger partial charge in [0.05, 0.1) is 39.6 Å². The number of carbonyl (C=O) groups excluding carboxylic acids is 5. The van der Waals surface area contributed by atoms with Gasteiger partial charge < -0.3 is 35.9 Å². The molecule has 4 rings (SSSR count). The maximum atomic E-state index is 12.2. The third-order valence-corrected chi connectivity index (χ3v) is 6.38. The van der Waals surface area contributed by atoms with Gasteiger partial charge in [-0.1, -0.05) is 18.2 Å². The van der Waals surface area contributed by atoms with E-state index in [2.05, 4.69) is 10.6 Å². The van der Waals surface area contributed by atoms with E-state index < -0.39 is 6.04 Å². The zero-order valence-corrected chi connectivity index (χ0v) is 23.3. The molecule has 42 heavy (non-hydrogen) atoms. The highest BCUT2D eigenvalue weighted by Gasteiger charge is 2.38. The molecule has 0 radical (unpaired) electrons. The average Bonchev–Trinajstić information content (AvgIpc) is 3.30. The summed E-state index contributed by atoms with van der Waals surface area (Å²) >= 11 is 0. The molecule has 0 aromatic heterocycles. The van der Waals surface area contributed by atoms with Crippen molar-refractivity contribution in [1.29, 1.82) is 0 Å². The minimum Gasteiger partial charge on any atom is -0.399 e. The highest BCUT2D eigenvalue weighted by Crippen LogP contribution is 2.26. The molecule has 13 heteroatoms. The molecule has 2 aromatic carbocycles. The normalized spacial score (nSPS) is 15.9. The summed E-state index contributed by atoms with van der Waals surface area (Å²) in [6.07, 6.45) is 0.909. The fraction of sp³-hybridized carbons (Fsp3) is 0.414. The number of nitrogen functional groups attached to an aromatic ring is 1. The van der Waals surface area contributed by atoms with E-state index in [0.717, 1.165) is 5.56 Å². The number of rotatable bonds is 14. The number of nitrogens with one attached hydrogen (secondary N) is 2. The Labute approximate surface area is 243 Å². The van der Waals surface area contributed by atoms with Crippen LogP contribution >= 0.6 is 0 Å². The minimum absolute atomic E-state index is 0.125. The molecule has 226 valence electrons. The molecule has 5 amide bonds. The van der Waals surface area contributed by atoms with Crippen LogP contribution in [0.15, 0.2) is 48.5 Å². The fourth-order valence-electron chi connectivity index (χ4n) is 4.20. The summed E-state index contributed by atoms with van der Waals surface area (Å²) in [6.45, 7) is 3.27. The van der Waals surface area contributed by atoms with Crippen LogP contribution in [-0.4, -0.2) is 86.7 Å². The Morgan fingerprint density at radius 3 is 2.19 bits per heavy atom. The molecule has 0 spiro atoms. The van der Waals surface area contributed by atoms with Gasteiger partial charge in [0.1, 0.15) is 6.04 Å². The third-order valence-electron chi connectivity index (χ3n) is 6.38. The lowest BCUT2D eigenvalue weighted by Crippen LogP contribution is -2.52. The molecule has 6 N–H and O–H groups in total. The largest absolute Gasteiger partial charge is 0.399 e. The van der Waals surface area contributed by atoms with Gasteiger partial charge in [0.15, 0.2) is 0 Å². The van der Waals surface area contributed by atoms with E-state index >= 15 is 0 Å². The van der Waals surface area contributed by atoms with E-state index in [1.807, 2.05) is 18.2 Å². The number of benzene rings is 2. The second-order valence-electron chi connectivity index (χ2n) is 9.49. The lowest BCUT2D eigenvalue weighted by atomic mass is 10.0. The Hall–Kier alpha value is -4.33. The number of primary amides is 1. The van der Waals surface area contributed by atoms with Crippen molar-refractivity contribution in [3.63, 3.8) is 0 Å². The van der Waals surface area contributed by atoms with E-state index in [1.165, 1.54) is 0 Å². The van der Waals surface area contributed by atoms with Crippen molar-refractivity contribution < 1.29 is 38.2 Å². The summed E-state index contributed by atoms with van der Waals surface area (Å²) < 4.78 is 15.8. The Morgan fingerprint density at radius 2 is 1.55 bits per heavy atom. The second kappa shape index (κ2) is 16.8. The Balaban J connectivity index is 0.000000238. The van der Waals surface area contributed by atoms with Crippen molar-refractivity contribution in [3.8, 4) is 0 Å². The second-order valence-corrected chi connectivity index (χ2v) is 9.49. The third kappa shape index (κ3) is 10.3. The van der Waals surface area contributed by atoms with E-state index in [1.54, 1.807) is 35.2 Å². The number of anilines is 1. The number of nitrogens with two attached hydrogens (primary N) is 2. The zero-order valence-electron chi connectivity index (χ0n) is 23.3. The van der Waals surface area contributed by atoms with Gasteiger partial charge in [-0.15, -0.1) is 0 Å². The van der Waals surface area contributed by atoms with Gasteiger partial charge in [0, 0.05) is 42.7 Å². The van der Waals surface area contributed by atoms with Crippen LogP contribution in [-0.2, 0) is 35.1 Å². The molecule has 1 atom stereocenters. The van der Waals surface area contributed by atoms with Crippen molar-refractivity contribution in [2.75, 3.05) is 51.9 Å². The van der Waals surface area contributed by atoms with Crippen LogP contribution in [0.4, 0.5) is 5.69 Å². The number of amides is 5. The van der Waals surface area contributed by atoms with Gasteiger partial charge in [-0.2, -0.15) is 0 Å². The van der Waals surface area contributed by atoms with Crippen LogP contribution in [0.5, 0.6) is 0 Å². The molecule has 0 saturated carbocycles. The van der Waals surface area contributed by atoms with E-state index in [-0.39, 0.29) is 42.4 Å². The summed E-state index contributed by atoms with van der Waals surface area (Å²) in [5.41, 5.74) is 13.3.